The quantitative estimate of drug-likeness (QED) is 0.374. The zero-order valence-electron chi connectivity index (χ0n) is 7.76. The van der Waals surface area contributed by atoms with E-state index in [1.54, 1.807) is 0 Å². The Morgan fingerprint density at radius 3 is 1.10 bits per heavy atom. The van der Waals surface area contributed by atoms with Crippen molar-refractivity contribution in [1.82, 2.24) is 0 Å². The summed E-state index contributed by atoms with van der Waals surface area (Å²) < 4.78 is 0.687. The smallest absolute Gasteiger partial charge is 1.00 e. The fourth-order valence-electron chi connectivity index (χ4n) is 0. The third kappa shape index (κ3) is 6.24. The average Bonchev–Trinajstić information content (AvgIpc) is 1.25. The van der Waals surface area contributed by atoms with Crippen molar-refractivity contribution in [3.8, 4) is 0 Å². The summed E-state index contributed by atoms with van der Waals surface area (Å²) in [6, 6.07) is 0. The van der Waals surface area contributed by atoms with E-state index in [4.69, 9.17) is 0 Å². The van der Waals surface area contributed by atoms with E-state index in [2.05, 4.69) is 31.2 Å². The van der Waals surface area contributed by atoms with Crippen molar-refractivity contribution in [1.29, 1.82) is 0 Å². The zero-order chi connectivity index (χ0) is 7.00. The molecule has 0 aromatic heterocycles. The monoisotopic (exact) mass is 236 g/mol. The normalized spacial score (nSPS) is 10.1. The molecule has 4 heteroatoms. The Kier molecular flexibility index (Phi) is 9.14. The number of hydrogen-bond acceptors (Lipinski definition) is 0. The molecule has 0 rings (SSSR count). The minimum Gasteiger partial charge on any atom is -1.00 e. The maximum Gasteiger partial charge on any atom is -1.00 e. The predicted molar refractivity (Wildman–Crippen MR) is 41.4 cm³/mol. The summed E-state index contributed by atoms with van der Waals surface area (Å²) in [5.41, 5.74) is 0. The molecule has 0 aliphatic rings. The van der Waals surface area contributed by atoms with E-state index < -0.39 is 15.8 Å². The maximum absolute atomic E-state index is 2.52. The van der Waals surface area contributed by atoms with Gasteiger partial charge < -0.3 is 24.8 Å². The maximum atomic E-state index is 2.52. The Morgan fingerprint density at radius 1 is 1.00 bits per heavy atom. The van der Waals surface area contributed by atoms with E-state index >= 15 is 0 Å². The summed E-state index contributed by atoms with van der Waals surface area (Å²) in [6.07, 6.45) is 0. The van der Waals surface area contributed by atoms with Crippen LogP contribution < -0.4 is 24.8 Å². The van der Waals surface area contributed by atoms with Gasteiger partial charge in [-0.05, 0) is 0 Å². The minimum atomic E-state index is -1.17. The summed E-state index contributed by atoms with van der Waals surface area (Å²) in [4.78, 5) is 0. The van der Waals surface area contributed by atoms with Gasteiger partial charge in [0.25, 0.3) is 0 Å². The molecule has 0 saturated carbocycles. The topological polar surface area (TPSA) is 0 Å². The molecule has 0 N–H and O–H groups in total. The first kappa shape index (κ1) is 17.6. The molecule has 0 radical (unpaired) electrons. The third-order valence-corrected chi connectivity index (χ3v) is 15.5. The second-order valence-electron chi connectivity index (χ2n) is 4.50. The molecule has 0 aromatic carbocycles. The van der Waals surface area contributed by atoms with Crippen LogP contribution in [0.1, 0.15) is 20.8 Å². The predicted octanol–water partition coefficient (Wildman–Crippen LogP) is -4.26. The van der Waals surface area contributed by atoms with Gasteiger partial charge in [0.2, 0.25) is 0 Å². The zero-order valence-corrected chi connectivity index (χ0v) is 12.8. The van der Waals surface area contributed by atoms with E-state index in [1.165, 1.54) is 8.11 Å². The first-order valence-electron chi connectivity index (χ1n) is 3.25. The average molecular weight is 237 g/mol. The van der Waals surface area contributed by atoms with Crippen molar-refractivity contribution < 1.29 is 40.7 Å². The van der Waals surface area contributed by atoms with Gasteiger partial charge >= 0.3 is 58.9 Å². The number of rotatable bonds is 0. The van der Waals surface area contributed by atoms with E-state index in [-0.39, 0.29) is 24.8 Å². The Labute approximate surface area is 83.3 Å². The van der Waals surface area contributed by atoms with Gasteiger partial charge in [-0.3, -0.25) is 0 Å². The van der Waals surface area contributed by atoms with Crippen LogP contribution in [0.5, 0.6) is 0 Å². The summed E-state index contributed by atoms with van der Waals surface area (Å²) in [5.74, 6) is 0. The van der Waals surface area contributed by atoms with Crippen molar-refractivity contribution in [2.45, 2.75) is 34.9 Å². The van der Waals surface area contributed by atoms with Crippen LogP contribution in [0.15, 0.2) is 0 Å². The van der Waals surface area contributed by atoms with E-state index in [0.717, 1.165) is 0 Å². The van der Waals surface area contributed by atoms with Crippen LogP contribution in [-0.4, -0.2) is 8.11 Å². The van der Waals surface area contributed by atoms with Crippen LogP contribution in [-0.2, 0) is 15.8 Å². The molecule has 0 saturated heterocycles. The van der Waals surface area contributed by atoms with Gasteiger partial charge in [0, 0.05) is 0 Å². The molecule has 0 fully saturated rings. The first-order valence-corrected chi connectivity index (χ1v) is 12.8. The molecule has 0 amide bonds. The molecular weight excluding hydrogens is 219 g/mol. The van der Waals surface area contributed by atoms with E-state index in [1.807, 2.05) is 0 Å². The van der Waals surface area contributed by atoms with Gasteiger partial charge in [0.15, 0.2) is 0 Å². The Balaban J connectivity index is -0.000000245. The molecule has 0 aliphatic carbocycles. The summed E-state index contributed by atoms with van der Waals surface area (Å²) in [7, 11) is 1.47. The molecule has 0 unspecified atom stereocenters. The Morgan fingerprint density at radius 2 is 1.10 bits per heavy atom. The molecular formula is C6H18Cl2SiTi. The second kappa shape index (κ2) is 5.21. The number of hydrogen-bond donors (Lipinski definition) is 0. The molecule has 0 aliphatic heterocycles. The Hall–Kier alpha value is 1.51. The van der Waals surface area contributed by atoms with Crippen LogP contribution in [0.3, 0.4) is 0 Å². The van der Waals surface area contributed by atoms with Crippen LogP contribution in [0.25, 0.3) is 0 Å². The van der Waals surface area contributed by atoms with E-state index in [9.17, 15) is 0 Å². The van der Waals surface area contributed by atoms with Gasteiger partial charge in [-0.25, -0.2) is 0 Å². The molecule has 0 heterocycles. The van der Waals surface area contributed by atoms with Crippen LogP contribution in [0.2, 0.25) is 14.2 Å². The SMILES string of the molecule is C[C](C)(C)[Ti+2]([CH3])([CH3])[SiH3].[Cl-].[Cl-]. The molecule has 10 heavy (non-hydrogen) atoms. The molecule has 0 spiro atoms. The molecule has 64 valence electrons. The summed E-state index contributed by atoms with van der Waals surface area (Å²) >= 11 is -1.17. The van der Waals surface area contributed by atoms with Gasteiger partial charge in [-0.1, -0.05) is 0 Å². The standard InChI is InChI=1S/C4H9.2CH3.2ClH.H3Si.Ti/c1-4(2)3;;;;;;/h1-3H3;2*1H3;2*1H;1H3;/q;;;;;;+2/p-2. The minimum absolute atomic E-state index is 0. The van der Waals surface area contributed by atoms with Crippen molar-refractivity contribution in [3.63, 3.8) is 0 Å². The van der Waals surface area contributed by atoms with Crippen molar-refractivity contribution in [3.05, 3.63) is 0 Å². The fourth-order valence-corrected chi connectivity index (χ4v) is 0. The van der Waals surface area contributed by atoms with E-state index in [0.29, 0.717) is 3.72 Å². The molecule has 0 atom stereocenters. The second-order valence-corrected chi connectivity index (χ2v) is 24.2. The fraction of sp³-hybridized carbons (Fsp3) is 1.00. The van der Waals surface area contributed by atoms with Crippen molar-refractivity contribution in [2.75, 3.05) is 0 Å². The van der Waals surface area contributed by atoms with Gasteiger partial charge in [-0.15, -0.1) is 0 Å². The third-order valence-electron chi connectivity index (χ3n) is 2.25. The van der Waals surface area contributed by atoms with Crippen LogP contribution in [0.4, 0.5) is 0 Å². The Bertz CT molecular complexity index is 70.7. The first-order chi connectivity index (χ1) is 3.25. The molecule has 0 nitrogen and oxygen atoms in total. The van der Waals surface area contributed by atoms with Crippen molar-refractivity contribution >= 4 is 8.11 Å². The van der Waals surface area contributed by atoms with Crippen molar-refractivity contribution in [2.24, 2.45) is 0 Å². The van der Waals surface area contributed by atoms with Gasteiger partial charge in [0.1, 0.15) is 0 Å². The van der Waals surface area contributed by atoms with Gasteiger partial charge in [-0.2, -0.15) is 0 Å². The van der Waals surface area contributed by atoms with Crippen LogP contribution >= 0.6 is 0 Å². The summed E-state index contributed by atoms with van der Waals surface area (Å²) in [6.45, 7) is 7.17. The summed E-state index contributed by atoms with van der Waals surface area (Å²) in [5, 5.41) is 5.04. The van der Waals surface area contributed by atoms with Gasteiger partial charge in [0.05, 0.1) is 0 Å². The largest absolute Gasteiger partial charge is 1.00 e. The molecule has 0 aromatic rings. The molecule has 0 bridgehead atoms. The number of halogens is 2. The van der Waals surface area contributed by atoms with Crippen LogP contribution in [0, 0.1) is 0 Å².